The van der Waals surface area contributed by atoms with Gasteiger partial charge in [-0.3, -0.25) is 4.99 Å². The summed E-state index contributed by atoms with van der Waals surface area (Å²) in [5.74, 6) is 0.521. The molecule has 0 bridgehead atoms. The van der Waals surface area contributed by atoms with Crippen LogP contribution in [0.4, 0.5) is 27.5 Å². The van der Waals surface area contributed by atoms with Crippen LogP contribution in [0.25, 0.3) is 11.3 Å². The summed E-state index contributed by atoms with van der Waals surface area (Å²) in [7, 11) is 0. The Morgan fingerprint density at radius 2 is 1.87 bits per heavy atom. The minimum absolute atomic E-state index is 0.0154. The third-order valence-electron chi connectivity index (χ3n) is 8.34. The van der Waals surface area contributed by atoms with E-state index in [1.54, 1.807) is 0 Å². The third-order valence-corrected chi connectivity index (χ3v) is 9.99. The standard InChI is InChI=1S/C29H33FIN7/c1-4-37-11-13-38(14-12-37)21-7-8-25(32-17-21)35-28-33-18-23(30)26(36-28)20-15-22-27(24(16-20)31-3)34-19(2)29(22)9-5-6-10-29/h7-8,15-18H,3-6,9-14H2,1-2H3,(H,32,33,35,36). The van der Waals surface area contributed by atoms with Crippen molar-refractivity contribution in [3.8, 4) is 11.3 Å². The second-order valence-corrected chi connectivity index (χ2v) is 12.2. The molecule has 0 amide bonds. The monoisotopic (exact) mass is 625 g/mol. The van der Waals surface area contributed by atoms with Crippen molar-refractivity contribution in [1.29, 1.82) is 0 Å². The second kappa shape index (κ2) is 10.4. The molecule has 4 heterocycles. The van der Waals surface area contributed by atoms with Crippen molar-refractivity contribution in [3.05, 3.63) is 51.6 Å². The van der Waals surface area contributed by atoms with E-state index in [1.807, 2.05) is 18.3 Å². The predicted molar refractivity (Wildman–Crippen MR) is 162 cm³/mol. The van der Waals surface area contributed by atoms with Gasteiger partial charge in [-0.1, -0.05) is 45.0 Å². The number of hydrogen-bond donors (Lipinski definition) is 1. The lowest BCUT2D eigenvalue weighted by atomic mass is 9.76. The van der Waals surface area contributed by atoms with Gasteiger partial charge in [0.15, 0.2) is 5.82 Å². The number of hydrogen-bond acceptors (Lipinski definition) is 7. The van der Waals surface area contributed by atoms with Gasteiger partial charge in [0.25, 0.3) is 0 Å². The Morgan fingerprint density at radius 3 is 2.55 bits per heavy atom. The highest BCUT2D eigenvalue weighted by atomic mass is 127. The van der Waals surface area contributed by atoms with Crippen LogP contribution in [0.3, 0.4) is 0 Å². The Hall–Kier alpha value is -2.79. The number of piperazine rings is 1. The van der Waals surface area contributed by atoms with Crippen molar-refractivity contribution in [2.45, 2.75) is 44.9 Å². The highest BCUT2D eigenvalue weighted by molar-refractivity contribution is 14.2. The van der Waals surface area contributed by atoms with Gasteiger partial charge in [0, 0.05) is 46.4 Å². The first-order valence-corrected chi connectivity index (χ1v) is 16.0. The zero-order valence-electron chi connectivity index (χ0n) is 22.0. The molecule has 198 valence electrons. The fraction of sp³-hybridized carbons (Fsp3) is 0.414. The van der Waals surface area contributed by atoms with Gasteiger partial charge in [0.2, 0.25) is 5.95 Å². The van der Waals surface area contributed by atoms with Crippen molar-refractivity contribution < 1.29 is 4.39 Å². The van der Waals surface area contributed by atoms with Gasteiger partial charge in [-0.05, 0) is 56.1 Å². The molecule has 0 atom stereocenters. The third kappa shape index (κ3) is 4.53. The van der Waals surface area contributed by atoms with Crippen LogP contribution in [0.5, 0.6) is 0 Å². The minimum Gasteiger partial charge on any atom is -0.368 e. The fourth-order valence-electron chi connectivity index (χ4n) is 6.11. The summed E-state index contributed by atoms with van der Waals surface area (Å²) in [5, 5.41) is 3.17. The molecule has 1 spiro atoms. The second-order valence-electron chi connectivity index (χ2n) is 10.3. The van der Waals surface area contributed by atoms with Gasteiger partial charge in [0.05, 0.1) is 23.8 Å². The van der Waals surface area contributed by atoms with E-state index in [-0.39, 0.29) is 5.41 Å². The predicted octanol–water partition coefficient (Wildman–Crippen LogP) is 6.05. The van der Waals surface area contributed by atoms with Gasteiger partial charge in [-0.15, -0.1) is 0 Å². The molecule has 2 aliphatic heterocycles. The van der Waals surface area contributed by atoms with Gasteiger partial charge in [-0.2, -0.15) is 0 Å². The van der Waals surface area contributed by atoms with E-state index in [1.165, 1.54) is 30.3 Å². The molecule has 3 aliphatic rings. The Kier molecular flexibility index (Phi) is 6.98. The van der Waals surface area contributed by atoms with E-state index < -0.39 is 26.5 Å². The molecule has 7 nitrogen and oxygen atoms in total. The Bertz CT molecular complexity index is 1390. The zero-order valence-corrected chi connectivity index (χ0v) is 24.1. The summed E-state index contributed by atoms with van der Waals surface area (Å²) in [4.78, 5) is 23.2. The number of nitrogens with one attached hydrogen (secondary N) is 1. The summed E-state index contributed by atoms with van der Waals surface area (Å²) < 4.78 is 20.5. The summed E-state index contributed by atoms with van der Waals surface area (Å²) in [5.41, 5.74) is 5.65. The molecule has 1 saturated heterocycles. The average molecular weight is 626 g/mol. The Balaban J connectivity index is 1.26. The number of pyridine rings is 1. The Labute approximate surface area is 233 Å². The topological polar surface area (TPSA) is 69.5 Å². The summed E-state index contributed by atoms with van der Waals surface area (Å²) in [6.07, 6.45) is 7.71. The maximum absolute atomic E-state index is 15.1. The van der Waals surface area contributed by atoms with Crippen LogP contribution < -0.4 is 10.2 Å². The van der Waals surface area contributed by atoms with Gasteiger partial charge < -0.3 is 15.1 Å². The van der Waals surface area contributed by atoms with Crippen LogP contribution >= 0.6 is 20.7 Å². The molecule has 1 aliphatic carbocycles. The minimum atomic E-state index is -0.483. The van der Waals surface area contributed by atoms with Crippen LogP contribution in [0.1, 0.15) is 45.1 Å². The van der Waals surface area contributed by atoms with Crippen molar-refractivity contribution in [1.82, 2.24) is 19.9 Å². The number of benzene rings is 1. The number of halogens is 2. The smallest absolute Gasteiger partial charge is 0.229 e. The number of fused-ring (bicyclic) bond motifs is 2. The number of rotatable bonds is 6. The zero-order chi connectivity index (χ0) is 26.3. The molecule has 3 aromatic rings. The molecule has 1 saturated carbocycles. The van der Waals surface area contributed by atoms with E-state index in [0.717, 1.165) is 66.1 Å². The molecular formula is C29H33FIN7. The number of likely N-dealkylation sites (N-methyl/N-ethyl adjacent to an activating group) is 1. The van der Waals surface area contributed by atoms with Crippen LogP contribution in [0.15, 0.2) is 41.7 Å². The van der Waals surface area contributed by atoms with Crippen molar-refractivity contribution in [3.63, 3.8) is 0 Å². The van der Waals surface area contributed by atoms with Crippen molar-refractivity contribution >= 4 is 54.1 Å². The largest absolute Gasteiger partial charge is 0.368 e. The molecule has 38 heavy (non-hydrogen) atoms. The van der Waals surface area contributed by atoms with E-state index in [0.29, 0.717) is 17.5 Å². The van der Waals surface area contributed by atoms with Gasteiger partial charge in [-0.25, -0.2) is 19.3 Å². The van der Waals surface area contributed by atoms with E-state index >= 15 is 4.39 Å². The van der Waals surface area contributed by atoms with Crippen LogP contribution in [-0.4, -0.2) is 62.8 Å². The molecular weight excluding hydrogens is 592 g/mol. The highest BCUT2D eigenvalue weighted by Crippen LogP contribution is 2.53. The van der Waals surface area contributed by atoms with E-state index in [9.17, 15) is 0 Å². The molecule has 0 radical (unpaired) electrons. The van der Waals surface area contributed by atoms with Gasteiger partial charge >= 0.3 is 0 Å². The first-order chi connectivity index (χ1) is 18.5. The molecule has 1 aromatic carbocycles. The van der Waals surface area contributed by atoms with Gasteiger partial charge in [0.1, 0.15) is 11.5 Å². The van der Waals surface area contributed by atoms with Crippen molar-refractivity contribution in [2.75, 3.05) is 42.9 Å². The van der Waals surface area contributed by atoms with Crippen LogP contribution in [0.2, 0.25) is 0 Å². The average Bonchev–Trinajstić information content (AvgIpc) is 3.55. The highest BCUT2D eigenvalue weighted by Gasteiger charge is 2.44. The quantitative estimate of drug-likeness (QED) is 0.337. The summed E-state index contributed by atoms with van der Waals surface area (Å²) in [6, 6.07) is 8.14. The van der Waals surface area contributed by atoms with Crippen LogP contribution in [-0.2, 0) is 5.41 Å². The normalized spacial score (nSPS) is 18.6. The van der Waals surface area contributed by atoms with Crippen LogP contribution in [0, 0.1) is 9.39 Å². The number of aromatic nitrogens is 3. The molecule has 9 heteroatoms. The van der Waals surface area contributed by atoms with E-state index in [2.05, 4.69) is 60.6 Å². The fourth-order valence-corrected chi connectivity index (χ4v) is 7.44. The molecule has 2 aromatic heterocycles. The maximum Gasteiger partial charge on any atom is 0.229 e. The molecule has 2 fully saturated rings. The lowest BCUT2D eigenvalue weighted by molar-refractivity contribution is 0.271. The van der Waals surface area contributed by atoms with E-state index in [4.69, 9.17) is 4.99 Å². The first kappa shape index (κ1) is 25.5. The lowest BCUT2D eigenvalue weighted by Gasteiger charge is -2.35. The Morgan fingerprint density at radius 1 is 1.08 bits per heavy atom. The molecule has 6 rings (SSSR count). The number of aliphatic imine (C=N–C) groups is 1. The maximum atomic E-state index is 15.1. The summed E-state index contributed by atoms with van der Waals surface area (Å²) in [6.45, 7) is 9.56. The lowest BCUT2D eigenvalue weighted by Crippen LogP contribution is -2.46. The molecule has 0 unspecified atom stereocenters. The number of anilines is 3. The molecule has 1 N–H and O–H groups in total. The first-order valence-electron chi connectivity index (χ1n) is 13.4. The van der Waals surface area contributed by atoms with Crippen molar-refractivity contribution in [2.24, 2.45) is 4.99 Å². The summed E-state index contributed by atoms with van der Waals surface area (Å²) >= 11 is -0.483. The number of nitrogens with zero attached hydrogens (tertiary/aromatic N) is 6. The SMILES string of the molecule is C=Ic1cc(-c2nc(Nc3ccc(N4CCN(CC)CC4)cn3)ncc2F)cc2c1N=C(C)C21CCCC1.